The monoisotopic (exact) mass is 103 g/mol. The molecule has 0 spiro atoms. The highest BCUT2D eigenvalue weighted by molar-refractivity contribution is 6.31. The van der Waals surface area contributed by atoms with Gasteiger partial charge in [0.2, 0.25) is 6.08 Å². The van der Waals surface area contributed by atoms with Crippen LogP contribution in [0.1, 0.15) is 0 Å². The first-order chi connectivity index (χ1) is 2.83. The van der Waals surface area contributed by atoms with Crippen LogP contribution >= 0.6 is 0 Å². The minimum absolute atomic E-state index is 0.417. The smallest absolute Gasteiger partial charge is 0.222 e. The summed E-state index contributed by atoms with van der Waals surface area (Å²) in [4.78, 5) is 8.35. The highest BCUT2D eigenvalue weighted by atomic mass is 28.2. The summed E-state index contributed by atoms with van der Waals surface area (Å²) in [6.45, 7) is 4.53. The zero-order chi connectivity index (χ0) is 5.41. The summed E-state index contributed by atoms with van der Waals surface area (Å²) in [5.41, 5.74) is 0. The van der Waals surface area contributed by atoms with Crippen molar-refractivity contribution in [3.8, 4) is 0 Å². The average Bonchev–Trinajstić information content (AvgIpc) is 1.39. The lowest BCUT2D eigenvalue weighted by Crippen LogP contribution is -1.53. The molecule has 0 amide bonds. The Morgan fingerprint density at radius 2 is 1.67 bits per heavy atom. The first kappa shape index (κ1) is 9.14. The van der Waals surface area contributed by atoms with Crippen molar-refractivity contribution >= 4 is 15.6 Å². The van der Waals surface area contributed by atoms with Crippen molar-refractivity contribution in [3.63, 3.8) is 0 Å². The molecule has 0 heterocycles. The van der Waals surface area contributed by atoms with Crippen molar-refractivity contribution < 1.29 is 4.79 Å². The summed E-state index contributed by atoms with van der Waals surface area (Å²) in [5, 5.41) is 5.40. The van der Waals surface area contributed by atoms with Crippen LogP contribution < -0.4 is 0 Å². The van der Waals surface area contributed by atoms with Crippen LogP contribution in [0.2, 0.25) is 13.1 Å². The van der Waals surface area contributed by atoms with Crippen LogP contribution in [-0.2, 0) is 4.79 Å². The lowest BCUT2D eigenvalue weighted by atomic mass is 11.7. The van der Waals surface area contributed by atoms with Gasteiger partial charge in [-0.1, -0.05) is 13.1 Å². The fourth-order valence-corrected chi connectivity index (χ4v) is 0. The molecule has 0 aromatic carbocycles. The normalized spacial score (nSPS) is 4.33. The van der Waals surface area contributed by atoms with E-state index in [0.29, 0.717) is 9.52 Å². The molecule has 0 aliphatic carbocycles. The first-order valence-corrected chi connectivity index (χ1v) is 4.70. The van der Waals surface area contributed by atoms with E-state index in [9.17, 15) is 0 Å². The van der Waals surface area contributed by atoms with Gasteiger partial charge in [-0.15, -0.1) is 0 Å². The summed E-state index contributed by atoms with van der Waals surface area (Å²) in [7, 11) is 0.417. The lowest BCUT2D eigenvalue weighted by molar-refractivity contribution is 0.563. The molecule has 36 valence electrons. The number of hydrogen-bond donors (Lipinski definition) is 1. The molecule has 0 aromatic heterocycles. The molecule has 1 N–H and O–H groups in total. The van der Waals surface area contributed by atoms with Crippen molar-refractivity contribution in [2.24, 2.45) is 0 Å². The maximum Gasteiger partial charge on any atom is 0.231 e. The minimum Gasteiger partial charge on any atom is -0.222 e. The van der Waals surface area contributed by atoms with Gasteiger partial charge in [-0.2, -0.15) is 0 Å². The standard InChI is InChI=1S/C2H8Si.CHNO/c1-3-2;2-1-3/h3H2,1-2H3;2H. The second kappa shape index (κ2) is 23.3. The summed E-state index contributed by atoms with van der Waals surface area (Å²) >= 11 is 0. The van der Waals surface area contributed by atoms with E-state index in [1.165, 1.54) is 0 Å². The predicted octanol–water partition coefficient (Wildman–Crippen LogP) is 0.152. The topological polar surface area (TPSA) is 40.9 Å². The van der Waals surface area contributed by atoms with Gasteiger partial charge in [-0.25, -0.2) is 10.2 Å². The van der Waals surface area contributed by atoms with E-state index in [-0.39, 0.29) is 0 Å². The number of carbonyl (C=O) groups excluding carboxylic acids is 1. The van der Waals surface area contributed by atoms with Crippen molar-refractivity contribution in [2.45, 2.75) is 13.1 Å². The molecule has 0 aliphatic rings. The molecular formula is C3H9NOSi. The number of hydrogen-bond acceptors (Lipinski definition) is 2. The molecule has 0 bridgehead atoms. The molecule has 0 radical (unpaired) electrons. The Labute approximate surface area is 39.9 Å². The summed E-state index contributed by atoms with van der Waals surface area (Å²) in [6, 6.07) is 0. The zero-order valence-corrected chi connectivity index (χ0v) is 5.53. The van der Waals surface area contributed by atoms with Gasteiger partial charge < -0.3 is 0 Å². The highest BCUT2D eigenvalue weighted by Crippen LogP contribution is 1.36. The average molecular weight is 103 g/mol. The number of isocyanates is 1. The second-order valence-corrected chi connectivity index (χ2v) is 2.22. The third-order valence-electron chi connectivity index (χ3n) is 0. The molecule has 0 atom stereocenters. The van der Waals surface area contributed by atoms with E-state index in [2.05, 4.69) is 13.1 Å². The molecule has 0 fully saturated rings. The molecule has 2 nitrogen and oxygen atoms in total. The Kier molecular flexibility index (Phi) is 35.5. The quantitative estimate of drug-likeness (QED) is 0.265. The predicted molar refractivity (Wildman–Crippen MR) is 28.7 cm³/mol. The molecule has 0 saturated carbocycles. The number of rotatable bonds is 0. The highest BCUT2D eigenvalue weighted by Gasteiger charge is 1.38. The van der Waals surface area contributed by atoms with Gasteiger partial charge in [-0.05, 0) is 0 Å². The van der Waals surface area contributed by atoms with Crippen LogP contribution in [0.4, 0.5) is 0 Å². The van der Waals surface area contributed by atoms with Crippen molar-refractivity contribution in [1.29, 1.82) is 5.41 Å². The van der Waals surface area contributed by atoms with E-state index in [1.807, 2.05) is 0 Å². The Hall–Kier alpha value is -0.403. The third-order valence-corrected chi connectivity index (χ3v) is 0. The maximum atomic E-state index is 8.35. The molecule has 3 heteroatoms. The Morgan fingerprint density at radius 3 is 1.67 bits per heavy atom. The van der Waals surface area contributed by atoms with E-state index in [4.69, 9.17) is 10.2 Å². The minimum atomic E-state index is 0.417. The molecule has 0 aromatic rings. The largest absolute Gasteiger partial charge is 0.231 e. The van der Waals surface area contributed by atoms with Crippen LogP contribution in [0.15, 0.2) is 0 Å². The Morgan fingerprint density at radius 1 is 1.67 bits per heavy atom. The molecular weight excluding hydrogens is 94.1 g/mol. The van der Waals surface area contributed by atoms with Gasteiger partial charge in [0.25, 0.3) is 0 Å². The van der Waals surface area contributed by atoms with Gasteiger partial charge >= 0.3 is 0 Å². The van der Waals surface area contributed by atoms with Crippen LogP contribution in [0.25, 0.3) is 0 Å². The van der Waals surface area contributed by atoms with Gasteiger partial charge in [0.15, 0.2) is 0 Å². The SMILES string of the molecule is C[SiH2]C.N=C=O. The molecule has 0 saturated heterocycles. The Balaban J connectivity index is 0. The fourth-order valence-electron chi connectivity index (χ4n) is 0. The van der Waals surface area contributed by atoms with E-state index < -0.39 is 0 Å². The first-order valence-electron chi connectivity index (χ1n) is 1.87. The van der Waals surface area contributed by atoms with Gasteiger partial charge in [0.1, 0.15) is 0 Å². The Bertz CT molecular complexity index is 40.1. The van der Waals surface area contributed by atoms with Gasteiger partial charge in [0.05, 0.1) is 0 Å². The fraction of sp³-hybridized carbons (Fsp3) is 0.667. The summed E-state index contributed by atoms with van der Waals surface area (Å²) in [6.07, 6.45) is 0.750. The molecule has 6 heavy (non-hydrogen) atoms. The number of nitrogens with one attached hydrogen (secondary N) is 1. The van der Waals surface area contributed by atoms with Crippen molar-refractivity contribution in [3.05, 3.63) is 0 Å². The van der Waals surface area contributed by atoms with Crippen LogP contribution in [-0.4, -0.2) is 15.6 Å². The van der Waals surface area contributed by atoms with Crippen LogP contribution in [0.3, 0.4) is 0 Å². The summed E-state index contributed by atoms with van der Waals surface area (Å²) in [5.74, 6) is 0. The molecule has 0 rings (SSSR count). The second-order valence-electron chi connectivity index (χ2n) is 0.809. The van der Waals surface area contributed by atoms with E-state index >= 15 is 0 Å². The molecule has 0 aliphatic heterocycles. The maximum absolute atomic E-state index is 8.35. The van der Waals surface area contributed by atoms with E-state index in [1.54, 1.807) is 0 Å². The van der Waals surface area contributed by atoms with Crippen molar-refractivity contribution in [2.75, 3.05) is 0 Å². The zero-order valence-electron chi connectivity index (χ0n) is 4.12. The molecule has 0 unspecified atom stereocenters. The van der Waals surface area contributed by atoms with Crippen LogP contribution in [0.5, 0.6) is 0 Å². The third kappa shape index (κ3) is 149. The van der Waals surface area contributed by atoms with Crippen molar-refractivity contribution in [1.82, 2.24) is 0 Å². The lowest BCUT2D eigenvalue weighted by Gasteiger charge is -1.45. The van der Waals surface area contributed by atoms with Gasteiger partial charge in [-0.3, -0.25) is 0 Å². The van der Waals surface area contributed by atoms with Gasteiger partial charge in [0, 0.05) is 9.52 Å². The summed E-state index contributed by atoms with van der Waals surface area (Å²) < 4.78 is 0. The van der Waals surface area contributed by atoms with Crippen LogP contribution in [0, 0.1) is 5.41 Å². The van der Waals surface area contributed by atoms with E-state index in [0.717, 1.165) is 6.08 Å².